The van der Waals surface area contributed by atoms with Crippen molar-refractivity contribution in [1.82, 2.24) is 0 Å². The number of allylic oxidation sites excluding steroid dienone is 4. The summed E-state index contributed by atoms with van der Waals surface area (Å²) in [6.45, 7) is 5.60. The van der Waals surface area contributed by atoms with Crippen LogP contribution < -0.4 is 0 Å². The van der Waals surface area contributed by atoms with Gasteiger partial charge in [-0.25, -0.2) is 17.6 Å². The van der Waals surface area contributed by atoms with E-state index in [9.17, 15) is 17.6 Å². The molecule has 0 radical (unpaired) electrons. The Morgan fingerprint density at radius 3 is 1.22 bits per heavy atom. The van der Waals surface area contributed by atoms with Crippen molar-refractivity contribution >= 4 is 0 Å². The summed E-state index contributed by atoms with van der Waals surface area (Å²) >= 11 is 0. The molecular weight excluding hydrogens is 572 g/mol. The molecule has 4 aliphatic carbocycles. The van der Waals surface area contributed by atoms with Gasteiger partial charge in [0.2, 0.25) is 0 Å². The summed E-state index contributed by atoms with van der Waals surface area (Å²) in [6, 6.07) is 8.71. The van der Waals surface area contributed by atoms with Gasteiger partial charge in [0.05, 0.1) is 13.2 Å². The highest BCUT2D eigenvalue weighted by Gasteiger charge is 2.48. The number of halogens is 4. The number of rotatable bonds is 8. The summed E-state index contributed by atoms with van der Waals surface area (Å²) in [5.41, 5.74) is 0.442. The minimum atomic E-state index is -0.821. The normalized spacial score (nSPS) is 30.4. The van der Waals surface area contributed by atoms with Gasteiger partial charge in [0.15, 0.2) is 23.3 Å². The Hall–Kier alpha value is -2.92. The van der Waals surface area contributed by atoms with Gasteiger partial charge in [0.1, 0.15) is 0 Å². The van der Waals surface area contributed by atoms with Gasteiger partial charge < -0.3 is 4.74 Å². The first-order valence-electron chi connectivity index (χ1n) is 16.9. The summed E-state index contributed by atoms with van der Waals surface area (Å²) in [6.07, 6.45) is 28.6. The maximum absolute atomic E-state index is 14.4. The highest BCUT2D eigenvalue weighted by atomic mass is 19.2. The second kappa shape index (κ2) is 12.7. The second-order valence-corrected chi connectivity index (χ2v) is 14.5. The van der Waals surface area contributed by atoms with E-state index in [-0.39, 0.29) is 22.7 Å². The maximum atomic E-state index is 14.4. The first-order valence-corrected chi connectivity index (χ1v) is 16.9. The molecule has 2 aromatic carbocycles. The van der Waals surface area contributed by atoms with Crippen molar-refractivity contribution < 1.29 is 22.3 Å². The maximum Gasteiger partial charge on any atom is 0.159 e. The summed E-state index contributed by atoms with van der Waals surface area (Å²) in [7, 11) is 0. The van der Waals surface area contributed by atoms with E-state index in [0.717, 1.165) is 62.5 Å². The van der Waals surface area contributed by atoms with E-state index < -0.39 is 34.1 Å². The fourth-order valence-electron chi connectivity index (χ4n) is 8.79. The SMILES string of the molecule is CC1([C@]2(c3ccc(F)c(F)c3)C=C[C@H](COC[C@H]3C=C[C@@](c4ccc(F)c(F)c4)(C4(C)CCCCC4)C=C3)C=C2)CCCCC1. The minimum Gasteiger partial charge on any atom is -0.380 e. The van der Waals surface area contributed by atoms with E-state index in [0.29, 0.717) is 13.2 Å². The third-order valence-corrected chi connectivity index (χ3v) is 11.8. The summed E-state index contributed by atoms with van der Waals surface area (Å²) in [5, 5.41) is 0. The fraction of sp³-hybridized carbons (Fsp3) is 0.500. The number of hydrogen-bond donors (Lipinski definition) is 0. The molecule has 0 bridgehead atoms. The minimum absolute atomic E-state index is 0.0783. The Labute approximate surface area is 266 Å². The lowest BCUT2D eigenvalue weighted by molar-refractivity contribution is 0.105. The number of ether oxygens (including phenoxy) is 1. The van der Waals surface area contributed by atoms with Crippen LogP contribution in [0.3, 0.4) is 0 Å². The molecule has 2 saturated carbocycles. The number of benzene rings is 2. The van der Waals surface area contributed by atoms with Crippen molar-refractivity contribution in [3.63, 3.8) is 0 Å². The van der Waals surface area contributed by atoms with Gasteiger partial charge >= 0.3 is 0 Å². The molecule has 0 atom stereocenters. The van der Waals surface area contributed by atoms with E-state index in [1.807, 2.05) is 0 Å². The van der Waals surface area contributed by atoms with Gasteiger partial charge in [0.25, 0.3) is 0 Å². The van der Waals surface area contributed by atoms with Crippen molar-refractivity contribution in [2.45, 2.75) is 88.9 Å². The Bertz CT molecular complexity index is 1350. The quantitative estimate of drug-likeness (QED) is 0.211. The Balaban J connectivity index is 1.15. The molecule has 0 N–H and O–H groups in total. The first kappa shape index (κ1) is 32.0. The standard InChI is InChI=1S/C40H46F4O/c1-37(17-5-3-6-18-37)39(31-9-11-33(41)35(43)25-31)21-13-29(14-22-39)27-45-28-30-15-23-40(24-16-30,38(2)19-7-4-8-20-38)32-10-12-34(42)36(44)26-32/h9-16,21-26,29-30H,3-8,17-20,27-28H2,1-2H3/t29-,30-,39+,40+. The molecule has 0 amide bonds. The molecule has 0 aromatic heterocycles. The van der Waals surface area contributed by atoms with Crippen LogP contribution in [-0.2, 0) is 15.6 Å². The molecule has 45 heavy (non-hydrogen) atoms. The molecule has 0 heterocycles. The summed E-state index contributed by atoms with van der Waals surface area (Å²) in [5.74, 6) is -3.10. The van der Waals surface area contributed by atoms with Crippen LogP contribution in [0.2, 0.25) is 0 Å². The van der Waals surface area contributed by atoms with Crippen LogP contribution >= 0.6 is 0 Å². The molecule has 6 rings (SSSR count). The van der Waals surface area contributed by atoms with Gasteiger partial charge in [-0.15, -0.1) is 0 Å². The monoisotopic (exact) mass is 618 g/mol. The zero-order chi connectivity index (χ0) is 31.7. The average molecular weight is 619 g/mol. The van der Waals surface area contributed by atoms with Crippen molar-refractivity contribution in [1.29, 1.82) is 0 Å². The molecule has 240 valence electrons. The molecule has 0 saturated heterocycles. The fourth-order valence-corrected chi connectivity index (χ4v) is 8.79. The van der Waals surface area contributed by atoms with Crippen LogP contribution in [0.5, 0.6) is 0 Å². The van der Waals surface area contributed by atoms with Gasteiger partial charge in [-0.2, -0.15) is 0 Å². The van der Waals surface area contributed by atoms with Crippen molar-refractivity contribution in [3.05, 3.63) is 119 Å². The molecule has 2 fully saturated rings. The molecule has 0 spiro atoms. The van der Waals surface area contributed by atoms with E-state index in [1.165, 1.54) is 37.1 Å². The second-order valence-electron chi connectivity index (χ2n) is 14.5. The molecular formula is C40H46F4O. The van der Waals surface area contributed by atoms with Gasteiger partial charge in [-0.1, -0.05) is 113 Å². The van der Waals surface area contributed by atoms with Crippen molar-refractivity contribution in [2.24, 2.45) is 22.7 Å². The number of hydrogen-bond acceptors (Lipinski definition) is 1. The Kier molecular flexibility index (Phi) is 9.04. The first-order chi connectivity index (χ1) is 21.6. The van der Waals surface area contributed by atoms with Crippen LogP contribution in [0.1, 0.15) is 89.2 Å². The lowest BCUT2D eigenvalue weighted by Crippen LogP contribution is -2.44. The van der Waals surface area contributed by atoms with Crippen LogP contribution in [0, 0.1) is 45.9 Å². The van der Waals surface area contributed by atoms with E-state index >= 15 is 0 Å². The Morgan fingerprint density at radius 2 is 0.889 bits per heavy atom. The van der Waals surface area contributed by atoms with E-state index in [2.05, 4.69) is 62.5 Å². The Morgan fingerprint density at radius 1 is 0.533 bits per heavy atom. The van der Waals surface area contributed by atoms with Gasteiger partial charge in [-0.05, 0) is 71.9 Å². The lowest BCUT2D eigenvalue weighted by Gasteiger charge is -2.50. The van der Waals surface area contributed by atoms with Crippen molar-refractivity contribution in [3.8, 4) is 0 Å². The average Bonchev–Trinajstić information content (AvgIpc) is 3.05. The van der Waals surface area contributed by atoms with Crippen LogP contribution in [-0.4, -0.2) is 13.2 Å². The molecule has 1 nitrogen and oxygen atoms in total. The lowest BCUT2D eigenvalue weighted by atomic mass is 9.54. The summed E-state index contributed by atoms with van der Waals surface area (Å²) < 4.78 is 62.9. The highest BCUT2D eigenvalue weighted by Crippen LogP contribution is 2.55. The molecule has 0 unspecified atom stereocenters. The molecule has 2 aromatic rings. The molecule has 5 heteroatoms. The third kappa shape index (κ3) is 5.90. The van der Waals surface area contributed by atoms with Gasteiger partial charge in [0, 0.05) is 22.7 Å². The third-order valence-electron chi connectivity index (χ3n) is 11.8. The zero-order valence-corrected chi connectivity index (χ0v) is 26.6. The van der Waals surface area contributed by atoms with Crippen LogP contribution in [0.15, 0.2) is 85.0 Å². The molecule has 4 aliphatic rings. The van der Waals surface area contributed by atoms with Crippen molar-refractivity contribution in [2.75, 3.05) is 13.2 Å². The topological polar surface area (TPSA) is 9.23 Å². The highest BCUT2D eigenvalue weighted by molar-refractivity contribution is 5.45. The zero-order valence-electron chi connectivity index (χ0n) is 26.6. The van der Waals surface area contributed by atoms with Crippen LogP contribution in [0.25, 0.3) is 0 Å². The predicted molar refractivity (Wildman–Crippen MR) is 173 cm³/mol. The van der Waals surface area contributed by atoms with E-state index in [1.54, 1.807) is 12.1 Å². The van der Waals surface area contributed by atoms with E-state index in [4.69, 9.17) is 4.74 Å². The van der Waals surface area contributed by atoms with Crippen LogP contribution in [0.4, 0.5) is 17.6 Å². The van der Waals surface area contributed by atoms with Gasteiger partial charge in [-0.3, -0.25) is 0 Å². The summed E-state index contributed by atoms with van der Waals surface area (Å²) in [4.78, 5) is 0. The largest absolute Gasteiger partial charge is 0.380 e. The smallest absolute Gasteiger partial charge is 0.159 e. The molecule has 0 aliphatic heterocycles. The predicted octanol–water partition coefficient (Wildman–Crippen LogP) is 10.9.